The standard InChI is InChI=1S/C15H19NOS/c1-3-13(12-7-4-5-8-14(12)17)16-11(2)15-9-6-10-18-15/h4-11,13,16-17H,3H2,1-2H3/t11-,13?/m1/s1. The van der Waals surface area contributed by atoms with E-state index in [1.54, 1.807) is 17.4 Å². The zero-order valence-corrected chi connectivity index (χ0v) is 11.6. The van der Waals surface area contributed by atoms with Gasteiger partial charge in [0.05, 0.1) is 0 Å². The molecule has 2 N–H and O–H groups in total. The number of thiophene rings is 1. The topological polar surface area (TPSA) is 32.3 Å². The Balaban J connectivity index is 2.13. The third kappa shape index (κ3) is 2.92. The van der Waals surface area contributed by atoms with Crippen LogP contribution in [0, 0.1) is 0 Å². The van der Waals surface area contributed by atoms with Crippen LogP contribution in [0.3, 0.4) is 0 Å². The van der Waals surface area contributed by atoms with Crippen molar-refractivity contribution in [1.82, 2.24) is 5.32 Å². The van der Waals surface area contributed by atoms with Crippen LogP contribution in [0.4, 0.5) is 0 Å². The van der Waals surface area contributed by atoms with Gasteiger partial charge in [0.15, 0.2) is 0 Å². The lowest BCUT2D eigenvalue weighted by molar-refractivity contribution is 0.421. The molecule has 0 aliphatic rings. The Labute approximate surface area is 112 Å². The van der Waals surface area contributed by atoms with Gasteiger partial charge in [-0.1, -0.05) is 31.2 Å². The fraction of sp³-hybridized carbons (Fsp3) is 0.333. The summed E-state index contributed by atoms with van der Waals surface area (Å²) in [5.74, 6) is 0.371. The van der Waals surface area contributed by atoms with Crippen LogP contribution < -0.4 is 5.32 Å². The van der Waals surface area contributed by atoms with E-state index in [0.29, 0.717) is 11.8 Å². The number of benzene rings is 1. The second-order valence-electron chi connectivity index (χ2n) is 4.42. The minimum atomic E-state index is 0.184. The zero-order chi connectivity index (χ0) is 13.0. The van der Waals surface area contributed by atoms with Gasteiger partial charge in [-0.25, -0.2) is 0 Å². The molecule has 18 heavy (non-hydrogen) atoms. The lowest BCUT2D eigenvalue weighted by Crippen LogP contribution is -2.23. The van der Waals surface area contributed by atoms with Crippen molar-refractivity contribution in [2.75, 3.05) is 0 Å². The van der Waals surface area contributed by atoms with E-state index in [-0.39, 0.29) is 6.04 Å². The fourth-order valence-corrected chi connectivity index (χ4v) is 2.87. The molecule has 2 rings (SSSR count). The van der Waals surface area contributed by atoms with E-state index < -0.39 is 0 Å². The second-order valence-corrected chi connectivity index (χ2v) is 5.40. The summed E-state index contributed by atoms with van der Waals surface area (Å²) in [6.45, 7) is 4.29. The van der Waals surface area contributed by atoms with Gasteiger partial charge in [0, 0.05) is 22.5 Å². The van der Waals surface area contributed by atoms with E-state index in [4.69, 9.17) is 0 Å². The van der Waals surface area contributed by atoms with E-state index in [0.717, 1.165) is 12.0 Å². The summed E-state index contributed by atoms with van der Waals surface area (Å²) in [6.07, 6.45) is 0.952. The number of aromatic hydroxyl groups is 1. The third-order valence-electron chi connectivity index (χ3n) is 3.14. The average molecular weight is 261 g/mol. The molecule has 0 amide bonds. The van der Waals surface area contributed by atoms with E-state index in [1.165, 1.54) is 4.88 Å². The lowest BCUT2D eigenvalue weighted by atomic mass is 10.0. The van der Waals surface area contributed by atoms with Gasteiger partial charge in [-0.2, -0.15) is 0 Å². The molecule has 1 unspecified atom stereocenters. The van der Waals surface area contributed by atoms with Gasteiger partial charge in [0.1, 0.15) is 5.75 Å². The first-order valence-electron chi connectivity index (χ1n) is 6.29. The molecule has 1 heterocycles. The molecular weight excluding hydrogens is 242 g/mol. The molecule has 0 saturated heterocycles. The lowest BCUT2D eigenvalue weighted by Gasteiger charge is -2.22. The maximum atomic E-state index is 9.92. The first-order chi connectivity index (χ1) is 8.72. The smallest absolute Gasteiger partial charge is 0.120 e. The minimum Gasteiger partial charge on any atom is -0.508 e. The zero-order valence-electron chi connectivity index (χ0n) is 10.8. The van der Waals surface area contributed by atoms with Crippen molar-refractivity contribution in [3.8, 4) is 5.75 Å². The highest BCUT2D eigenvalue weighted by Crippen LogP contribution is 2.29. The first-order valence-corrected chi connectivity index (χ1v) is 7.17. The van der Waals surface area contributed by atoms with Gasteiger partial charge >= 0.3 is 0 Å². The van der Waals surface area contributed by atoms with Gasteiger partial charge in [-0.3, -0.25) is 0 Å². The van der Waals surface area contributed by atoms with Crippen LogP contribution in [-0.2, 0) is 0 Å². The molecule has 2 aromatic rings. The van der Waals surface area contributed by atoms with Gasteiger partial charge in [0.25, 0.3) is 0 Å². The van der Waals surface area contributed by atoms with Crippen LogP contribution in [0.15, 0.2) is 41.8 Å². The van der Waals surface area contributed by atoms with Crippen LogP contribution in [0.2, 0.25) is 0 Å². The van der Waals surface area contributed by atoms with Crippen molar-refractivity contribution < 1.29 is 5.11 Å². The quantitative estimate of drug-likeness (QED) is 0.843. The average Bonchev–Trinajstić information content (AvgIpc) is 2.90. The molecular formula is C15H19NOS. The van der Waals surface area contributed by atoms with E-state index in [1.807, 2.05) is 18.2 Å². The summed E-state index contributed by atoms with van der Waals surface area (Å²) in [6, 6.07) is 12.2. The highest BCUT2D eigenvalue weighted by molar-refractivity contribution is 7.10. The number of nitrogens with one attached hydrogen (secondary N) is 1. The maximum Gasteiger partial charge on any atom is 0.120 e. The molecule has 0 aliphatic carbocycles. The molecule has 2 nitrogen and oxygen atoms in total. The summed E-state index contributed by atoms with van der Waals surface area (Å²) < 4.78 is 0. The molecule has 0 fully saturated rings. The Bertz CT molecular complexity index is 481. The van der Waals surface area contributed by atoms with Gasteiger partial charge in [0.2, 0.25) is 0 Å². The first kappa shape index (κ1) is 13.1. The molecule has 1 aromatic carbocycles. The number of phenols is 1. The van der Waals surface area contributed by atoms with Crippen LogP contribution in [-0.4, -0.2) is 5.11 Å². The predicted molar refractivity (Wildman–Crippen MR) is 77.0 cm³/mol. The number of para-hydroxylation sites is 1. The van der Waals surface area contributed by atoms with Crippen molar-refractivity contribution >= 4 is 11.3 Å². The molecule has 0 radical (unpaired) electrons. The fourth-order valence-electron chi connectivity index (χ4n) is 2.13. The van der Waals surface area contributed by atoms with Gasteiger partial charge in [-0.05, 0) is 30.9 Å². The van der Waals surface area contributed by atoms with Crippen molar-refractivity contribution in [3.63, 3.8) is 0 Å². The van der Waals surface area contributed by atoms with Crippen LogP contribution in [0.5, 0.6) is 5.75 Å². The molecule has 96 valence electrons. The Kier molecular flexibility index (Phi) is 4.39. The number of hydrogen-bond acceptors (Lipinski definition) is 3. The van der Waals surface area contributed by atoms with Crippen LogP contribution in [0.25, 0.3) is 0 Å². The summed E-state index contributed by atoms with van der Waals surface area (Å²) in [5, 5.41) is 15.6. The second kappa shape index (κ2) is 6.03. The third-order valence-corrected chi connectivity index (χ3v) is 4.20. The summed E-state index contributed by atoms with van der Waals surface area (Å²) in [5.41, 5.74) is 0.975. The Hall–Kier alpha value is -1.32. The van der Waals surface area contributed by atoms with Crippen LogP contribution >= 0.6 is 11.3 Å². The summed E-state index contributed by atoms with van der Waals surface area (Å²) in [7, 11) is 0. The van der Waals surface area contributed by atoms with Crippen molar-refractivity contribution in [2.24, 2.45) is 0 Å². The highest BCUT2D eigenvalue weighted by atomic mass is 32.1. The number of phenolic OH excluding ortho intramolecular Hbond substituents is 1. The SMILES string of the molecule is CCC(N[C@H](C)c1cccs1)c1ccccc1O. The molecule has 0 aliphatic heterocycles. The predicted octanol–water partition coefficient (Wildman–Crippen LogP) is 4.26. The van der Waals surface area contributed by atoms with E-state index >= 15 is 0 Å². The minimum absolute atomic E-state index is 0.184. The van der Waals surface area contributed by atoms with Gasteiger partial charge in [-0.15, -0.1) is 11.3 Å². The molecule has 0 saturated carbocycles. The molecule has 1 aromatic heterocycles. The number of rotatable bonds is 5. The summed E-state index contributed by atoms with van der Waals surface area (Å²) >= 11 is 1.76. The largest absolute Gasteiger partial charge is 0.508 e. The maximum absolute atomic E-state index is 9.92. The molecule has 0 spiro atoms. The van der Waals surface area contributed by atoms with E-state index in [9.17, 15) is 5.11 Å². The molecule has 0 bridgehead atoms. The Morgan fingerprint density at radius 3 is 2.61 bits per heavy atom. The summed E-state index contributed by atoms with van der Waals surface area (Å²) in [4.78, 5) is 1.32. The van der Waals surface area contributed by atoms with Crippen molar-refractivity contribution in [2.45, 2.75) is 32.4 Å². The highest BCUT2D eigenvalue weighted by Gasteiger charge is 2.16. The van der Waals surface area contributed by atoms with E-state index in [2.05, 4.69) is 36.7 Å². The normalized spacial score (nSPS) is 14.3. The molecule has 3 heteroatoms. The van der Waals surface area contributed by atoms with Gasteiger partial charge < -0.3 is 10.4 Å². The number of hydrogen-bond donors (Lipinski definition) is 2. The molecule has 2 atom stereocenters. The monoisotopic (exact) mass is 261 g/mol. The van der Waals surface area contributed by atoms with Crippen molar-refractivity contribution in [1.29, 1.82) is 0 Å². The van der Waals surface area contributed by atoms with Crippen molar-refractivity contribution in [3.05, 3.63) is 52.2 Å². The Morgan fingerprint density at radius 2 is 2.00 bits per heavy atom. The van der Waals surface area contributed by atoms with Crippen LogP contribution in [0.1, 0.15) is 42.8 Å². The Morgan fingerprint density at radius 1 is 1.22 bits per heavy atom.